The summed E-state index contributed by atoms with van der Waals surface area (Å²) in [5.41, 5.74) is 3.89. The average Bonchev–Trinajstić information content (AvgIpc) is 3.42. The van der Waals surface area contributed by atoms with Crippen LogP contribution in [0.25, 0.3) is 0 Å². The molecule has 0 bridgehead atoms. The number of unbranched alkanes of at least 4 members (excludes halogenated alkanes) is 4. The summed E-state index contributed by atoms with van der Waals surface area (Å²) in [7, 11) is 1.50. The van der Waals surface area contributed by atoms with Gasteiger partial charge in [0.2, 0.25) is 5.82 Å². The minimum absolute atomic E-state index is 0.184. The molecule has 0 spiro atoms. The van der Waals surface area contributed by atoms with Gasteiger partial charge in [-0.3, -0.25) is 0 Å². The SMILES string of the molecule is CC1=C(C(=O)OCCCCCc2ccccc2)C(c2ncc([N+](=O)[O-])n2C)C(C(=O)OCCCCCc2ccccc2)=C(C)N1. The number of nitrogens with zero attached hydrogens (tertiary/aromatic N) is 3. The molecule has 1 aromatic heterocycles. The molecule has 0 unspecified atom stereocenters. The number of benzene rings is 2. The van der Waals surface area contributed by atoms with Crippen molar-refractivity contribution in [3.63, 3.8) is 0 Å². The lowest BCUT2D eigenvalue weighted by Gasteiger charge is -2.28. The third-order valence-corrected chi connectivity index (χ3v) is 8.02. The molecule has 0 fully saturated rings. The number of aromatic nitrogens is 2. The molecule has 10 heteroatoms. The highest BCUT2D eigenvalue weighted by atomic mass is 16.6. The van der Waals surface area contributed by atoms with Gasteiger partial charge in [-0.05, 0) is 81.3 Å². The van der Waals surface area contributed by atoms with Crippen LogP contribution in [0.4, 0.5) is 5.82 Å². The molecule has 0 amide bonds. The maximum Gasteiger partial charge on any atom is 0.342 e. The van der Waals surface area contributed by atoms with E-state index in [0.29, 0.717) is 24.2 Å². The van der Waals surface area contributed by atoms with E-state index in [9.17, 15) is 19.7 Å². The Morgan fingerprint density at radius 2 is 1.27 bits per heavy atom. The van der Waals surface area contributed by atoms with Crippen LogP contribution in [0.2, 0.25) is 0 Å². The molecular weight excluding hydrogens is 572 g/mol. The third-order valence-electron chi connectivity index (χ3n) is 8.02. The van der Waals surface area contributed by atoms with Gasteiger partial charge < -0.3 is 24.9 Å². The van der Waals surface area contributed by atoms with Crippen LogP contribution in [0.1, 0.15) is 75.2 Å². The molecule has 0 saturated heterocycles. The standard InChI is InChI=1S/C35H42N4O6/c1-25-30(34(40)44-22-14-6-12-20-27-16-8-4-9-17-27)32(33-36-24-29(38(33)3)39(42)43)31(26(2)37-25)35(41)45-23-15-7-13-21-28-18-10-5-11-19-28/h4-5,8-11,16-19,24,32,37H,6-7,12-15,20-23H2,1-3H3. The van der Waals surface area contributed by atoms with Crippen molar-refractivity contribution in [2.24, 2.45) is 7.05 Å². The first-order chi connectivity index (χ1) is 21.8. The molecule has 1 aliphatic heterocycles. The Labute approximate surface area is 264 Å². The molecule has 2 aromatic carbocycles. The van der Waals surface area contributed by atoms with Crippen molar-refractivity contribution in [3.8, 4) is 0 Å². The van der Waals surface area contributed by atoms with Crippen molar-refractivity contribution in [1.29, 1.82) is 0 Å². The van der Waals surface area contributed by atoms with Crippen molar-refractivity contribution >= 4 is 17.8 Å². The quantitative estimate of drug-likeness (QED) is 0.0842. The predicted octanol–water partition coefficient (Wildman–Crippen LogP) is 6.48. The van der Waals surface area contributed by atoms with Crippen LogP contribution in [-0.2, 0) is 39.0 Å². The fourth-order valence-corrected chi connectivity index (χ4v) is 5.64. The van der Waals surface area contributed by atoms with Crippen molar-refractivity contribution in [2.45, 2.75) is 71.1 Å². The second kappa shape index (κ2) is 16.4. The second-order valence-electron chi connectivity index (χ2n) is 11.3. The summed E-state index contributed by atoms with van der Waals surface area (Å²) in [6.45, 7) is 3.87. The number of dihydropyridines is 1. The molecule has 1 N–H and O–H groups in total. The van der Waals surface area contributed by atoms with Crippen LogP contribution >= 0.6 is 0 Å². The van der Waals surface area contributed by atoms with Crippen molar-refractivity contribution in [3.05, 3.63) is 116 Å². The van der Waals surface area contributed by atoms with Gasteiger partial charge in [-0.1, -0.05) is 60.7 Å². The lowest BCUT2D eigenvalue weighted by atomic mass is 9.84. The van der Waals surface area contributed by atoms with E-state index in [-0.39, 0.29) is 36.0 Å². The molecule has 0 saturated carbocycles. The van der Waals surface area contributed by atoms with E-state index < -0.39 is 22.8 Å². The number of ether oxygens (including phenoxy) is 2. The number of esters is 2. The summed E-state index contributed by atoms with van der Waals surface area (Å²) in [5, 5.41) is 14.8. The highest BCUT2D eigenvalue weighted by Crippen LogP contribution is 2.39. The molecule has 1 aliphatic rings. The number of imidazole rings is 1. The highest BCUT2D eigenvalue weighted by Gasteiger charge is 2.42. The maximum absolute atomic E-state index is 13.6. The summed E-state index contributed by atoms with van der Waals surface area (Å²) in [5.74, 6) is -2.27. The summed E-state index contributed by atoms with van der Waals surface area (Å²) in [6, 6.07) is 20.4. The van der Waals surface area contributed by atoms with E-state index in [4.69, 9.17) is 9.47 Å². The summed E-state index contributed by atoms with van der Waals surface area (Å²) < 4.78 is 12.7. The monoisotopic (exact) mass is 614 g/mol. The number of aryl methyl sites for hydroxylation is 2. The lowest BCUT2D eigenvalue weighted by molar-refractivity contribution is -0.391. The van der Waals surface area contributed by atoms with E-state index in [1.54, 1.807) is 13.8 Å². The second-order valence-corrected chi connectivity index (χ2v) is 11.3. The molecule has 0 radical (unpaired) electrons. The Kier molecular flexibility index (Phi) is 12.1. The van der Waals surface area contributed by atoms with E-state index in [2.05, 4.69) is 34.6 Å². The number of nitro groups is 1. The van der Waals surface area contributed by atoms with Gasteiger partial charge in [0.1, 0.15) is 12.1 Å². The zero-order valence-electron chi connectivity index (χ0n) is 26.3. The zero-order valence-corrected chi connectivity index (χ0v) is 26.3. The molecule has 45 heavy (non-hydrogen) atoms. The van der Waals surface area contributed by atoms with E-state index >= 15 is 0 Å². The van der Waals surface area contributed by atoms with Gasteiger partial charge in [-0.2, -0.15) is 0 Å². The molecule has 0 atom stereocenters. The van der Waals surface area contributed by atoms with Gasteiger partial charge in [0.05, 0.1) is 31.4 Å². The fraction of sp³-hybridized carbons (Fsp3) is 0.400. The van der Waals surface area contributed by atoms with Gasteiger partial charge in [-0.25, -0.2) is 19.1 Å². The number of carbonyl (C=O) groups is 2. The van der Waals surface area contributed by atoms with Crippen LogP contribution in [0.15, 0.2) is 89.4 Å². The third kappa shape index (κ3) is 8.90. The Morgan fingerprint density at radius 3 is 1.69 bits per heavy atom. The predicted molar refractivity (Wildman–Crippen MR) is 171 cm³/mol. The number of rotatable bonds is 16. The Balaban J connectivity index is 1.42. The highest BCUT2D eigenvalue weighted by molar-refractivity contribution is 5.99. The first-order valence-corrected chi connectivity index (χ1v) is 15.5. The Morgan fingerprint density at radius 1 is 0.800 bits per heavy atom. The van der Waals surface area contributed by atoms with Crippen molar-refractivity contribution in [1.82, 2.24) is 14.9 Å². The average molecular weight is 615 g/mol. The smallest absolute Gasteiger partial charge is 0.342 e. The fourth-order valence-electron chi connectivity index (χ4n) is 5.64. The van der Waals surface area contributed by atoms with Crippen molar-refractivity contribution < 1.29 is 24.0 Å². The first-order valence-electron chi connectivity index (χ1n) is 15.5. The Bertz CT molecular complexity index is 1440. The topological polar surface area (TPSA) is 126 Å². The number of hydrogen-bond acceptors (Lipinski definition) is 8. The molecule has 3 aromatic rings. The molecule has 10 nitrogen and oxygen atoms in total. The molecule has 4 rings (SSSR count). The van der Waals surface area contributed by atoms with Gasteiger partial charge in [0.25, 0.3) is 0 Å². The number of allylic oxidation sites excluding steroid dienone is 2. The molecular formula is C35H42N4O6. The Hall–Kier alpha value is -4.73. The van der Waals surface area contributed by atoms with Crippen molar-refractivity contribution in [2.75, 3.05) is 13.2 Å². The van der Waals surface area contributed by atoms with Gasteiger partial charge in [-0.15, -0.1) is 0 Å². The van der Waals surface area contributed by atoms with Crippen LogP contribution < -0.4 is 5.32 Å². The molecule has 0 aliphatic carbocycles. The summed E-state index contributed by atoms with van der Waals surface area (Å²) >= 11 is 0. The summed E-state index contributed by atoms with van der Waals surface area (Å²) in [6.07, 6.45) is 8.11. The minimum atomic E-state index is -0.999. The van der Waals surface area contributed by atoms with Gasteiger partial charge >= 0.3 is 17.8 Å². The first kappa shape index (κ1) is 33.2. The number of nitrogens with one attached hydrogen (secondary N) is 1. The number of carbonyl (C=O) groups excluding carboxylic acids is 2. The number of hydrogen-bond donors (Lipinski definition) is 1. The molecule has 238 valence electrons. The zero-order chi connectivity index (χ0) is 32.2. The van der Waals surface area contributed by atoms with E-state index in [1.165, 1.54) is 22.7 Å². The van der Waals surface area contributed by atoms with Gasteiger partial charge in [0.15, 0.2) is 0 Å². The van der Waals surface area contributed by atoms with Crippen LogP contribution in [-0.4, -0.2) is 39.6 Å². The van der Waals surface area contributed by atoms with Crippen LogP contribution in [0.3, 0.4) is 0 Å². The maximum atomic E-state index is 13.6. The largest absolute Gasteiger partial charge is 0.462 e. The summed E-state index contributed by atoms with van der Waals surface area (Å²) in [4.78, 5) is 42.5. The molecule has 2 heterocycles. The van der Waals surface area contributed by atoms with Crippen LogP contribution in [0.5, 0.6) is 0 Å². The lowest BCUT2D eigenvalue weighted by Crippen LogP contribution is -2.34. The van der Waals surface area contributed by atoms with E-state index in [0.717, 1.165) is 44.7 Å². The normalized spacial score (nSPS) is 13.5. The van der Waals surface area contributed by atoms with Gasteiger partial charge in [0, 0.05) is 11.4 Å². The van der Waals surface area contributed by atoms with Crippen LogP contribution in [0, 0.1) is 10.1 Å². The van der Waals surface area contributed by atoms with E-state index in [1.807, 2.05) is 36.4 Å². The minimum Gasteiger partial charge on any atom is -0.462 e.